The van der Waals surface area contributed by atoms with E-state index in [2.05, 4.69) is 25.1 Å². The molecule has 1 N–H and O–H groups in total. The molecule has 28 heavy (non-hydrogen) atoms. The lowest BCUT2D eigenvalue weighted by Gasteiger charge is -2.21. The molecular weight excluding hydrogens is 382 g/mol. The minimum Gasteiger partial charge on any atom is -0.469 e. The number of rotatable bonds is 5. The van der Waals surface area contributed by atoms with Crippen LogP contribution >= 0.6 is 0 Å². The van der Waals surface area contributed by atoms with Gasteiger partial charge in [-0.2, -0.15) is 27.8 Å². The Morgan fingerprint density at radius 1 is 1.32 bits per heavy atom. The van der Waals surface area contributed by atoms with E-state index in [1.54, 1.807) is 13.0 Å². The van der Waals surface area contributed by atoms with Crippen molar-refractivity contribution in [3.05, 3.63) is 53.2 Å². The van der Waals surface area contributed by atoms with Gasteiger partial charge in [-0.15, -0.1) is 0 Å². The van der Waals surface area contributed by atoms with Gasteiger partial charge in [0.15, 0.2) is 0 Å². The van der Waals surface area contributed by atoms with E-state index in [-0.39, 0.29) is 17.8 Å². The van der Waals surface area contributed by atoms with Crippen molar-refractivity contribution < 1.29 is 27.1 Å². The Balaban J connectivity index is 2.01. The molecule has 1 unspecified atom stereocenters. The van der Waals surface area contributed by atoms with E-state index >= 15 is 0 Å². The number of anilines is 1. The average molecular weight is 397 g/mol. The molecule has 2 heterocycles. The van der Waals surface area contributed by atoms with Gasteiger partial charge in [-0.3, -0.25) is 4.79 Å². The van der Waals surface area contributed by atoms with Gasteiger partial charge in [-0.25, -0.2) is 9.37 Å². The van der Waals surface area contributed by atoms with Crippen LogP contribution < -0.4 is 5.32 Å². The maximum absolute atomic E-state index is 14.0. The molecule has 0 spiro atoms. The minimum atomic E-state index is -4.82. The second kappa shape index (κ2) is 7.41. The minimum absolute atomic E-state index is 0.138. The number of methoxy groups -OCH3 is 1. The Bertz CT molecular complexity index is 1020. The van der Waals surface area contributed by atoms with Gasteiger partial charge in [-0.1, -0.05) is 6.07 Å². The summed E-state index contributed by atoms with van der Waals surface area (Å²) in [5, 5.41) is 7.00. The second-order valence-electron chi connectivity index (χ2n) is 5.97. The van der Waals surface area contributed by atoms with Crippen LogP contribution in [0.5, 0.6) is 0 Å². The Labute approximate surface area is 156 Å². The lowest BCUT2D eigenvalue weighted by Crippen LogP contribution is -2.19. The fourth-order valence-electron chi connectivity index (χ4n) is 2.69. The molecule has 11 heteroatoms. The average Bonchev–Trinajstić information content (AvgIpc) is 3.08. The van der Waals surface area contributed by atoms with Crippen LogP contribution in [0.15, 0.2) is 30.6 Å². The zero-order valence-corrected chi connectivity index (χ0v) is 14.8. The number of carbonyl (C=O) groups excluding carboxylic acids is 1. The number of nitrogens with one attached hydrogen (secondary N) is 1. The molecule has 2 aromatic heterocycles. The molecule has 0 aliphatic heterocycles. The van der Waals surface area contributed by atoms with Crippen LogP contribution in [0.1, 0.15) is 29.3 Å². The van der Waals surface area contributed by atoms with E-state index in [0.717, 1.165) is 12.1 Å². The van der Waals surface area contributed by atoms with Gasteiger partial charge in [0.2, 0.25) is 0 Å². The van der Waals surface area contributed by atoms with Gasteiger partial charge in [0.25, 0.3) is 5.78 Å². The van der Waals surface area contributed by atoms with Crippen molar-refractivity contribution in [3.8, 4) is 0 Å². The number of aryl methyl sites for hydroxylation is 1. The first-order chi connectivity index (χ1) is 13.2. The maximum atomic E-state index is 14.0. The molecule has 0 fully saturated rings. The van der Waals surface area contributed by atoms with Gasteiger partial charge in [-0.05, 0) is 24.6 Å². The standard InChI is InChI=1S/C17H15F4N5O2/c1-9-5-14(26-16(24-9)22-8-23-26)25-13(7-15(27)28-2)10-3-4-11(12(18)6-10)17(19,20)21/h3-6,8,13,25H,7H2,1-2H3. The summed E-state index contributed by atoms with van der Waals surface area (Å²) in [6.07, 6.45) is -3.79. The van der Waals surface area contributed by atoms with Crippen molar-refractivity contribution in [1.29, 1.82) is 0 Å². The largest absolute Gasteiger partial charge is 0.469 e. The molecule has 0 saturated heterocycles. The molecule has 148 valence electrons. The Morgan fingerprint density at radius 2 is 2.07 bits per heavy atom. The highest BCUT2D eigenvalue weighted by Gasteiger charge is 2.34. The first-order valence-electron chi connectivity index (χ1n) is 8.06. The van der Waals surface area contributed by atoms with Crippen molar-refractivity contribution in [2.75, 3.05) is 12.4 Å². The lowest BCUT2D eigenvalue weighted by atomic mass is 10.0. The summed E-state index contributed by atoms with van der Waals surface area (Å²) >= 11 is 0. The summed E-state index contributed by atoms with van der Waals surface area (Å²) in [7, 11) is 1.18. The highest BCUT2D eigenvalue weighted by Crippen LogP contribution is 2.33. The van der Waals surface area contributed by atoms with Crippen molar-refractivity contribution >= 4 is 17.6 Å². The molecule has 0 aliphatic rings. The summed E-state index contributed by atoms with van der Waals surface area (Å²) < 4.78 is 58.5. The number of hydrogen-bond donors (Lipinski definition) is 1. The number of ether oxygens (including phenoxy) is 1. The Morgan fingerprint density at radius 3 is 2.71 bits per heavy atom. The summed E-state index contributed by atoms with van der Waals surface area (Å²) in [6.45, 7) is 1.72. The van der Waals surface area contributed by atoms with E-state index < -0.39 is 29.6 Å². The number of alkyl halides is 3. The van der Waals surface area contributed by atoms with Gasteiger partial charge < -0.3 is 10.1 Å². The molecule has 0 aliphatic carbocycles. The van der Waals surface area contributed by atoms with E-state index in [1.165, 1.54) is 18.0 Å². The van der Waals surface area contributed by atoms with Crippen molar-refractivity contribution in [1.82, 2.24) is 19.6 Å². The topological polar surface area (TPSA) is 81.4 Å². The highest BCUT2D eigenvalue weighted by molar-refractivity contribution is 5.71. The van der Waals surface area contributed by atoms with Crippen LogP contribution in [0.2, 0.25) is 0 Å². The van der Waals surface area contributed by atoms with Gasteiger partial charge in [0.1, 0.15) is 18.0 Å². The quantitative estimate of drug-likeness (QED) is 0.526. The second-order valence-corrected chi connectivity index (χ2v) is 5.97. The Hall–Kier alpha value is -3.24. The van der Waals surface area contributed by atoms with Crippen LogP contribution in [0, 0.1) is 12.7 Å². The van der Waals surface area contributed by atoms with Crippen LogP contribution in [0.4, 0.5) is 23.4 Å². The predicted octanol–water partition coefficient (Wildman–Crippen LogP) is 3.31. The third-order valence-electron chi connectivity index (χ3n) is 4.00. The number of fused-ring (bicyclic) bond motifs is 1. The molecule has 0 bridgehead atoms. The van der Waals surface area contributed by atoms with E-state index in [4.69, 9.17) is 0 Å². The monoisotopic (exact) mass is 397 g/mol. The third-order valence-corrected chi connectivity index (χ3v) is 4.00. The fourth-order valence-corrected chi connectivity index (χ4v) is 2.69. The van der Waals surface area contributed by atoms with E-state index in [9.17, 15) is 22.4 Å². The summed E-state index contributed by atoms with van der Waals surface area (Å²) in [5.41, 5.74) is -0.650. The molecule has 0 amide bonds. The number of benzene rings is 1. The van der Waals surface area contributed by atoms with Crippen molar-refractivity contribution in [2.24, 2.45) is 0 Å². The zero-order valence-electron chi connectivity index (χ0n) is 14.8. The van der Waals surface area contributed by atoms with Crippen LogP contribution in [-0.4, -0.2) is 32.7 Å². The fraction of sp³-hybridized carbons (Fsp3) is 0.294. The SMILES string of the molecule is COC(=O)CC(Nc1cc(C)nc2ncnn12)c1ccc(C(F)(F)F)c(F)c1. The smallest absolute Gasteiger partial charge is 0.419 e. The molecule has 7 nitrogen and oxygen atoms in total. The molecule has 1 atom stereocenters. The maximum Gasteiger partial charge on any atom is 0.419 e. The summed E-state index contributed by atoms with van der Waals surface area (Å²) in [6, 6.07) is 3.24. The van der Waals surface area contributed by atoms with E-state index in [1.807, 2.05) is 0 Å². The Kier molecular flexibility index (Phi) is 5.16. The molecule has 3 aromatic rings. The summed E-state index contributed by atoms with van der Waals surface area (Å²) in [4.78, 5) is 19.9. The first kappa shape index (κ1) is 19.5. The van der Waals surface area contributed by atoms with Crippen LogP contribution in [0.3, 0.4) is 0 Å². The number of aromatic nitrogens is 4. The number of esters is 1. The third kappa shape index (κ3) is 4.02. The number of nitrogens with zero attached hydrogens (tertiary/aromatic N) is 4. The highest BCUT2D eigenvalue weighted by atomic mass is 19.4. The summed E-state index contributed by atoms with van der Waals surface area (Å²) in [5.74, 6) is -1.39. The number of halogens is 4. The molecule has 3 rings (SSSR count). The van der Waals surface area contributed by atoms with Gasteiger partial charge >= 0.3 is 12.1 Å². The van der Waals surface area contributed by atoms with Crippen LogP contribution in [-0.2, 0) is 15.7 Å². The molecule has 0 radical (unpaired) electrons. The molecule has 0 saturated carbocycles. The van der Waals surface area contributed by atoms with Gasteiger partial charge in [0, 0.05) is 11.8 Å². The molecular formula is C17H15F4N5O2. The molecule has 1 aromatic carbocycles. The lowest BCUT2D eigenvalue weighted by molar-refractivity contribution is -0.141. The normalized spacial score (nSPS) is 12.8. The number of carbonyl (C=O) groups is 1. The van der Waals surface area contributed by atoms with Crippen molar-refractivity contribution in [2.45, 2.75) is 25.6 Å². The van der Waals surface area contributed by atoms with E-state index in [0.29, 0.717) is 17.6 Å². The predicted molar refractivity (Wildman–Crippen MR) is 89.9 cm³/mol. The van der Waals surface area contributed by atoms with Gasteiger partial charge in [0.05, 0.1) is 25.1 Å². The number of hydrogen-bond acceptors (Lipinski definition) is 6. The van der Waals surface area contributed by atoms with Crippen LogP contribution in [0.25, 0.3) is 5.78 Å². The zero-order chi connectivity index (χ0) is 20.5. The first-order valence-corrected chi connectivity index (χ1v) is 8.06. The van der Waals surface area contributed by atoms with Crippen molar-refractivity contribution in [3.63, 3.8) is 0 Å².